The van der Waals surface area contributed by atoms with Gasteiger partial charge in [-0.05, 0) is 64.2 Å². The minimum atomic E-state index is -5.81. The van der Waals surface area contributed by atoms with E-state index in [-0.39, 0.29) is 41.4 Å². The molecule has 10 nitrogen and oxygen atoms in total. The van der Waals surface area contributed by atoms with Crippen LogP contribution in [0.1, 0.15) is 52.4 Å². The Bertz CT molecular complexity index is 1200. The zero-order valence-corrected chi connectivity index (χ0v) is 21.9. The maximum Gasteiger partial charge on any atom is 0.402 e. The normalized spacial score (nSPS) is 42.9. The second-order valence-electron chi connectivity index (χ2n) is 12.6. The fourth-order valence-corrected chi connectivity index (χ4v) is 9.20. The van der Waals surface area contributed by atoms with Gasteiger partial charge in [-0.2, -0.15) is 17.2 Å². The molecular formula is C25H31F2NO9S. The largest absolute Gasteiger partial charge is 0.459 e. The third-order valence-corrected chi connectivity index (χ3v) is 11.0. The summed E-state index contributed by atoms with van der Waals surface area (Å²) in [5.74, 6) is -4.75. The standard InChI is InChI=1S/C25H31F2NO9S/c1-10(2)28-18-14-5-15(17(16(14)21(28)30)22(31)36-9-25(26,27)38(33,34)35)20(18)37-23(32)24-6-11-3-12(7-24)19(29)13(4-11)8-24/h10-18,20H,3-9H2,1-2H3,(H,33,34,35). The number of esters is 2. The number of Topliss-reactive ketones (excluding diaryl/α,β-unsaturated/α-hetero) is 1. The fourth-order valence-electron chi connectivity index (χ4n) is 9.00. The molecule has 1 heterocycles. The monoisotopic (exact) mass is 559 g/mol. The van der Waals surface area contributed by atoms with E-state index in [4.69, 9.17) is 9.29 Å². The number of ether oxygens (including phenoxy) is 2. The van der Waals surface area contributed by atoms with Crippen LogP contribution in [0.4, 0.5) is 8.78 Å². The van der Waals surface area contributed by atoms with E-state index in [0.717, 1.165) is 12.8 Å². The van der Waals surface area contributed by atoms with E-state index in [1.165, 1.54) is 0 Å². The van der Waals surface area contributed by atoms with Gasteiger partial charge in [0.25, 0.3) is 0 Å². The Morgan fingerprint density at radius 2 is 1.74 bits per heavy atom. The van der Waals surface area contributed by atoms with Crippen LogP contribution in [0.25, 0.3) is 0 Å². The lowest BCUT2D eigenvalue weighted by atomic mass is 9.49. The third-order valence-electron chi connectivity index (χ3n) is 10.2. The molecule has 7 aliphatic rings. The van der Waals surface area contributed by atoms with Crippen LogP contribution in [0.15, 0.2) is 0 Å². The quantitative estimate of drug-likeness (QED) is 0.365. The van der Waals surface area contributed by atoms with Gasteiger partial charge in [0.2, 0.25) is 5.91 Å². The molecule has 0 radical (unpaired) electrons. The van der Waals surface area contributed by atoms with E-state index in [1.807, 2.05) is 0 Å². The molecule has 8 atom stereocenters. The Labute approximate surface area is 218 Å². The van der Waals surface area contributed by atoms with Gasteiger partial charge in [0.05, 0.1) is 23.3 Å². The van der Waals surface area contributed by atoms with Gasteiger partial charge in [0.1, 0.15) is 11.9 Å². The maximum absolute atomic E-state index is 13.8. The fraction of sp³-hybridized carbons (Fsp3) is 0.840. The molecule has 210 valence electrons. The van der Waals surface area contributed by atoms with Gasteiger partial charge in [0, 0.05) is 23.8 Å². The van der Waals surface area contributed by atoms with Crippen LogP contribution in [-0.2, 0) is 38.8 Å². The molecular weight excluding hydrogens is 528 g/mol. The third kappa shape index (κ3) is 3.52. The van der Waals surface area contributed by atoms with Crippen LogP contribution in [-0.4, -0.2) is 71.5 Å². The highest BCUT2D eigenvalue weighted by Crippen LogP contribution is 2.62. The molecule has 1 N–H and O–H groups in total. The van der Waals surface area contributed by atoms with Crippen molar-refractivity contribution >= 4 is 33.7 Å². The molecule has 1 amide bonds. The highest BCUT2D eigenvalue weighted by atomic mass is 32.2. The summed E-state index contributed by atoms with van der Waals surface area (Å²) in [6.45, 7) is 1.72. The van der Waals surface area contributed by atoms with E-state index in [2.05, 4.69) is 4.74 Å². The predicted octanol–water partition coefficient (Wildman–Crippen LogP) is 1.82. The van der Waals surface area contributed by atoms with Crippen LogP contribution in [0.2, 0.25) is 0 Å². The van der Waals surface area contributed by atoms with Gasteiger partial charge in [-0.3, -0.25) is 23.7 Å². The highest BCUT2D eigenvalue weighted by Gasteiger charge is 2.72. The van der Waals surface area contributed by atoms with Crippen molar-refractivity contribution in [2.75, 3.05) is 6.61 Å². The second-order valence-corrected chi connectivity index (χ2v) is 14.1. The van der Waals surface area contributed by atoms with Gasteiger partial charge in [-0.25, -0.2) is 0 Å². The minimum Gasteiger partial charge on any atom is -0.459 e. The number of likely N-dealkylation sites (tertiary alicyclic amines) is 1. The Kier molecular flexibility index (Phi) is 5.62. The summed E-state index contributed by atoms with van der Waals surface area (Å²) in [6, 6.07) is -0.726. The number of hydrogen-bond acceptors (Lipinski definition) is 8. The number of carbonyl (C=O) groups is 4. The number of ketones is 1. The van der Waals surface area contributed by atoms with Crippen LogP contribution < -0.4 is 0 Å². The summed E-state index contributed by atoms with van der Waals surface area (Å²) in [7, 11) is -5.81. The van der Waals surface area contributed by atoms with Gasteiger partial charge in [-0.1, -0.05) is 0 Å². The lowest BCUT2D eigenvalue weighted by molar-refractivity contribution is -0.186. The minimum absolute atomic E-state index is 0.148. The van der Waals surface area contributed by atoms with E-state index in [1.54, 1.807) is 18.7 Å². The Morgan fingerprint density at radius 1 is 1.11 bits per heavy atom. The first kappa shape index (κ1) is 26.1. The van der Waals surface area contributed by atoms with Gasteiger partial charge < -0.3 is 14.4 Å². The Balaban J connectivity index is 1.26. The summed E-state index contributed by atoms with van der Waals surface area (Å²) in [5.41, 5.74) is -0.773. The number of hydrogen-bond donors (Lipinski definition) is 1. The molecule has 0 aromatic carbocycles. The Hall–Kier alpha value is -2.15. The number of alkyl halides is 2. The maximum atomic E-state index is 13.8. The average Bonchev–Trinajstić information content (AvgIpc) is 3.42. The molecule has 1 aliphatic heterocycles. The molecule has 0 aromatic rings. The summed E-state index contributed by atoms with van der Waals surface area (Å²) < 4.78 is 68.9. The predicted molar refractivity (Wildman–Crippen MR) is 123 cm³/mol. The molecule has 0 aromatic heterocycles. The molecule has 8 unspecified atom stereocenters. The van der Waals surface area contributed by atoms with Gasteiger partial charge in [-0.15, -0.1) is 0 Å². The van der Waals surface area contributed by atoms with Gasteiger partial charge in [0.15, 0.2) is 6.61 Å². The van der Waals surface area contributed by atoms with Crippen LogP contribution in [0, 0.1) is 46.8 Å². The SMILES string of the molecule is CC(C)N1C(=O)C2C3CC(C(OC(=O)C45CC6CC(C4)C(=O)C(C6)C5)C31)C2C(=O)OCC(F)(F)S(=O)(=O)O. The van der Waals surface area contributed by atoms with Crippen LogP contribution in [0.3, 0.4) is 0 Å². The first-order valence-corrected chi connectivity index (χ1v) is 14.7. The molecule has 6 saturated carbocycles. The second kappa shape index (κ2) is 8.18. The van der Waals surface area contributed by atoms with Crippen molar-refractivity contribution in [1.82, 2.24) is 4.90 Å². The molecule has 0 spiro atoms. The smallest absolute Gasteiger partial charge is 0.402 e. The van der Waals surface area contributed by atoms with Crippen molar-refractivity contribution in [3.05, 3.63) is 0 Å². The van der Waals surface area contributed by atoms with Crippen molar-refractivity contribution in [1.29, 1.82) is 0 Å². The van der Waals surface area contributed by atoms with Crippen molar-refractivity contribution in [3.8, 4) is 0 Å². The van der Waals surface area contributed by atoms with E-state index >= 15 is 0 Å². The molecule has 7 rings (SSSR count). The Morgan fingerprint density at radius 3 is 2.32 bits per heavy atom. The van der Waals surface area contributed by atoms with E-state index < -0.39 is 69.2 Å². The number of nitrogens with zero attached hydrogens (tertiary/aromatic N) is 1. The molecule has 6 bridgehead atoms. The molecule has 13 heteroatoms. The van der Waals surface area contributed by atoms with Crippen molar-refractivity contribution in [2.24, 2.45) is 46.8 Å². The first-order chi connectivity index (χ1) is 17.6. The summed E-state index contributed by atoms with van der Waals surface area (Å²) in [4.78, 5) is 54.4. The zero-order chi connectivity index (χ0) is 27.5. The number of fused-ring (bicyclic) bond motifs is 1. The number of amides is 1. The van der Waals surface area contributed by atoms with Crippen LogP contribution >= 0.6 is 0 Å². The summed E-state index contributed by atoms with van der Waals surface area (Å²) in [6.07, 6.45) is 2.62. The van der Waals surface area contributed by atoms with Crippen molar-refractivity contribution in [3.63, 3.8) is 0 Å². The molecule has 1 saturated heterocycles. The van der Waals surface area contributed by atoms with Crippen LogP contribution in [0.5, 0.6) is 0 Å². The summed E-state index contributed by atoms with van der Waals surface area (Å²) >= 11 is 0. The number of halogens is 2. The van der Waals surface area contributed by atoms with E-state index in [9.17, 15) is 36.4 Å². The lowest BCUT2D eigenvalue weighted by Crippen LogP contribution is -2.56. The first-order valence-electron chi connectivity index (χ1n) is 13.2. The van der Waals surface area contributed by atoms with E-state index in [0.29, 0.717) is 25.7 Å². The molecule has 6 aliphatic carbocycles. The number of rotatable bonds is 7. The topological polar surface area (TPSA) is 144 Å². The number of carbonyl (C=O) groups excluding carboxylic acids is 4. The highest BCUT2D eigenvalue weighted by molar-refractivity contribution is 7.86. The van der Waals surface area contributed by atoms with Crippen molar-refractivity contribution < 1.29 is 50.4 Å². The van der Waals surface area contributed by atoms with Crippen molar-refractivity contribution in [2.45, 2.75) is 75.8 Å². The zero-order valence-electron chi connectivity index (χ0n) is 21.0. The average molecular weight is 560 g/mol. The van der Waals surface area contributed by atoms with Gasteiger partial charge >= 0.3 is 27.3 Å². The summed E-state index contributed by atoms with van der Waals surface area (Å²) in [5, 5.41) is -4.70. The molecule has 7 fully saturated rings. The molecule has 38 heavy (non-hydrogen) atoms. The lowest BCUT2D eigenvalue weighted by Gasteiger charge is -2.54.